The number of hydrogen-bond donors (Lipinski definition) is 0. The molecule has 1 aromatic carbocycles. The summed E-state index contributed by atoms with van der Waals surface area (Å²) < 4.78 is 43.9. The van der Waals surface area contributed by atoms with Crippen molar-refractivity contribution in [3.63, 3.8) is 0 Å². The zero-order valence-corrected chi connectivity index (χ0v) is 26.9. The highest BCUT2D eigenvalue weighted by Gasteiger charge is 2.52. The molecule has 13 heteroatoms. The molecule has 234 valence electrons. The molecule has 0 spiro atoms. The number of rotatable bonds is 9. The number of esters is 4. The minimum atomic E-state index is -1.64. The first-order chi connectivity index (χ1) is 20.1. The maximum absolute atomic E-state index is 12.0. The maximum atomic E-state index is 12.0. The van der Waals surface area contributed by atoms with Gasteiger partial charge in [0, 0.05) is 39.8 Å². The fourth-order valence-electron chi connectivity index (χ4n) is 3.93. The van der Waals surface area contributed by atoms with E-state index < -0.39 is 62.7 Å². The van der Waals surface area contributed by atoms with E-state index in [1.807, 2.05) is 0 Å². The second-order valence-corrected chi connectivity index (χ2v) is 15.2. The van der Waals surface area contributed by atoms with Crippen molar-refractivity contribution in [2.45, 2.75) is 78.0 Å². The van der Waals surface area contributed by atoms with Crippen LogP contribution in [0.15, 0.2) is 12.1 Å². The topological polar surface area (TPSA) is 142 Å². The van der Waals surface area contributed by atoms with Crippen LogP contribution >= 0.6 is 0 Å². The number of hydrogen-bond acceptors (Lipinski definition) is 12. The van der Waals surface area contributed by atoms with E-state index in [1.54, 1.807) is 12.1 Å². The van der Waals surface area contributed by atoms with Crippen LogP contribution < -0.4 is 9.47 Å². The van der Waals surface area contributed by atoms with E-state index in [0.29, 0.717) is 22.6 Å². The quantitative estimate of drug-likeness (QED) is 0.174. The average molecular weight is 619 g/mol. The Morgan fingerprint density at radius 3 is 1.77 bits per heavy atom. The van der Waals surface area contributed by atoms with Crippen molar-refractivity contribution < 1.29 is 57.1 Å². The highest BCUT2D eigenvalue weighted by molar-refractivity contribution is 6.83. The van der Waals surface area contributed by atoms with Gasteiger partial charge in [-0.05, 0) is 0 Å². The van der Waals surface area contributed by atoms with Crippen LogP contribution in [-0.2, 0) is 47.6 Å². The Bertz CT molecular complexity index is 1310. The lowest BCUT2D eigenvalue weighted by Crippen LogP contribution is -2.63. The fourth-order valence-corrected chi connectivity index (χ4v) is 4.44. The van der Waals surface area contributed by atoms with Crippen LogP contribution in [0.2, 0.25) is 19.6 Å². The van der Waals surface area contributed by atoms with E-state index in [-0.39, 0.29) is 13.2 Å². The van der Waals surface area contributed by atoms with Crippen LogP contribution in [0.3, 0.4) is 0 Å². The molecule has 0 saturated carbocycles. The molecule has 5 atom stereocenters. The van der Waals surface area contributed by atoms with E-state index in [9.17, 15) is 19.2 Å². The molecule has 0 aromatic heterocycles. The van der Waals surface area contributed by atoms with Crippen molar-refractivity contribution in [2.24, 2.45) is 0 Å². The van der Waals surface area contributed by atoms with Crippen molar-refractivity contribution >= 4 is 32.0 Å². The Balaban J connectivity index is 2.40. The van der Waals surface area contributed by atoms with Gasteiger partial charge in [0.15, 0.2) is 24.6 Å². The summed E-state index contributed by atoms with van der Waals surface area (Å²) in [7, 11) is 1.40. The standard InChI is InChI=1S/C30H38O12Si/c1-18(31)38-17-26-27(39-19(2)32)28(40-20(3)33)29(41-21(4)34)30(42-26)37-13-10-11-22-15-25(36-6)23(16-24(22)35-5)12-14-43(7,8)9/h15-16,26-30H,13,17H2,1-9H3/t26-,27-,28+,29-,30-/m1/s1. The molecule has 0 bridgehead atoms. The average Bonchev–Trinajstić information content (AvgIpc) is 2.90. The molecule has 0 aliphatic carbocycles. The Morgan fingerprint density at radius 2 is 1.28 bits per heavy atom. The van der Waals surface area contributed by atoms with Crippen LogP contribution in [0, 0.1) is 23.3 Å². The summed E-state index contributed by atoms with van der Waals surface area (Å²) >= 11 is 0. The SMILES string of the molecule is COc1cc(C#C[Si](C)(C)C)c(OC)cc1C#CCO[C@@H]1O[C@H](COC(C)=O)[C@@H](OC(C)=O)[C@H](OC(C)=O)[C@H]1OC(C)=O. The van der Waals surface area contributed by atoms with Gasteiger partial charge in [-0.1, -0.05) is 37.4 Å². The first-order valence-electron chi connectivity index (χ1n) is 13.3. The maximum Gasteiger partial charge on any atom is 0.303 e. The van der Waals surface area contributed by atoms with Gasteiger partial charge in [0.2, 0.25) is 0 Å². The normalized spacial score (nSPS) is 21.1. The molecule has 1 fully saturated rings. The Hall–Kier alpha value is -4.04. The largest absolute Gasteiger partial charge is 0.495 e. The van der Waals surface area contributed by atoms with Crippen molar-refractivity contribution in [1.29, 1.82) is 0 Å². The summed E-state index contributed by atoms with van der Waals surface area (Å²) in [6.45, 7) is 10.4. The van der Waals surface area contributed by atoms with E-state index in [1.165, 1.54) is 21.1 Å². The van der Waals surface area contributed by atoms with Crippen LogP contribution in [-0.4, -0.2) is 90.1 Å². The minimum Gasteiger partial charge on any atom is -0.495 e. The predicted molar refractivity (Wildman–Crippen MR) is 155 cm³/mol. The molecule has 1 heterocycles. The van der Waals surface area contributed by atoms with Gasteiger partial charge >= 0.3 is 23.9 Å². The van der Waals surface area contributed by atoms with Gasteiger partial charge in [0.1, 0.15) is 38.9 Å². The van der Waals surface area contributed by atoms with Gasteiger partial charge in [0.25, 0.3) is 0 Å². The van der Waals surface area contributed by atoms with Crippen LogP contribution in [0.4, 0.5) is 0 Å². The van der Waals surface area contributed by atoms with Crippen molar-refractivity contribution in [1.82, 2.24) is 0 Å². The van der Waals surface area contributed by atoms with Crippen molar-refractivity contribution in [2.75, 3.05) is 27.4 Å². The summed E-state index contributed by atoms with van der Waals surface area (Å²) in [5, 5.41) is 0. The summed E-state index contributed by atoms with van der Waals surface area (Å²) in [4.78, 5) is 47.3. The molecule has 1 saturated heterocycles. The number of benzene rings is 1. The fraction of sp³-hybridized carbons (Fsp3) is 0.533. The van der Waals surface area contributed by atoms with Crippen LogP contribution in [0.25, 0.3) is 0 Å². The number of carbonyl (C=O) groups is 4. The number of ether oxygens (including phenoxy) is 8. The Morgan fingerprint density at radius 1 is 0.767 bits per heavy atom. The molecule has 2 rings (SSSR count). The van der Waals surface area contributed by atoms with E-state index in [4.69, 9.17) is 37.9 Å². The Labute approximate surface area is 252 Å². The van der Waals surface area contributed by atoms with Gasteiger partial charge in [-0.15, -0.1) is 5.54 Å². The van der Waals surface area contributed by atoms with Crippen molar-refractivity contribution in [3.05, 3.63) is 23.3 Å². The smallest absolute Gasteiger partial charge is 0.303 e. The van der Waals surface area contributed by atoms with Gasteiger partial charge in [0.05, 0.1) is 25.3 Å². The monoisotopic (exact) mass is 618 g/mol. The number of carbonyl (C=O) groups excluding carboxylic acids is 4. The molecule has 1 aliphatic heterocycles. The molecular weight excluding hydrogens is 580 g/mol. The molecule has 1 aliphatic rings. The highest BCUT2D eigenvalue weighted by atomic mass is 28.3. The van der Waals surface area contributed by atoms with E-state index in [0.717, 1.165) is 20.8 Å². The highest BCUT2D eigenvalue weighted by Crippen LogP contribution is 2.30. The first-order valence-corrected chi connectivity index (χ1v) is 16.8. The van der Waals surface area contributed by atoms with Gasteiger partial charge in [-0.25, -0.2) is 0 Å². The third-order valence-corrected chi connectivity index (χ3v) is 6.46. The van der Waals surface area contributed by atoms with Crippen molar-refractivity contribution in [3.8, 4) is 34.8 Å². The summed E-state index contributed by atoms with van der Waals surface area (Å²) in [5.41, 5.74) is 4.47. The molecular formula is C30H38O12Si. The predicted octanol–water partition coefficient (Wildman–Crippen LogP) is 2.38. The molecule has 12 nitrogen and oxygen atoms in total. The Kier molecular flexibility index (Phi) is 13.1. The third kappa shape index (κ3) is 11.3. The molecule has 0 N–H and O–H groups in total. The summed E-state index contributed by atoms with van der Waals surface area (Å²) in [5.74, 6) is 7.14. The van der Waals surface area contributed by atoms with Crippen LogP contribution in [0.1, 0.15) is 38.8 Å². The zero-order valence-electron chi connectivity index (χ0n) is 25.9. The molecule has 0 unspecified atom stereocenters. The van der Waals surface area contributed by atoms with E-state index in [2.05, 4.69) is 42.9 Å². The second kappa shape index (κ2) is 16.0. The lowest BCUT2D eigenvalue weighted by molar-refractivity contribution is -0.305. The second-order valence-electron chi connectivity index (χ2n) is 10.4. The molecule has 0 amide bonds. The minimum absolute atomic E-state index is 0.240. The first kappa shape index (κ1) is 35.2. The third-order valence-electron chi connectivity index (χ3n) is 5.58. The van der Waals surface area contributed by atoms with Crippen LogP contribution in [0.5, 0.6) is 11.5 Å². The van der Waals surface area contributed by atoms with E-state index >= 15 is 0 Å². The molecule has 1 aromatic rings. The lowest BCUT2D eigenvalue weighted by atomic mass is 9.98. The summed E-state index contributed by atoms with van der Waals surface area (Å²) in [6.07, 6.45) is -6.44. The zero-order chi connectivity index (χ0) is 32.3. The van der Waals surface area contributed by atoms with Gasteiger partial charge < -0.3 is 37.9 Å². The lowest BCUT2D eigenvalue weighted by Gasteiger charge is -2.43. The molecule has 43 heavy (non-hydrogen) atoms. The van der Waals surface area contributed by atoms with Gasteiger partial charge in [-0.2, -0.15) is 0 Å². The molecule has 0 radical (unpaired) electrons. The van der Waals surface area contributed by atoms with Gasteiger partial charge in [-0.3, -0.25) is 19.2 Å². The number of methoxy groups -OCH3 is 2. The summed E-state index contributed by atoms with van der Waals surface area (Å²) in [6, 6.07) is 3.45.